The lowest BCUT2D eigenvalue weighted by Crippen LogP contribution is -2.53. The second-order valence-corrected chi connectivity index (χ2v) is 9.03. The van der Waals surface area contributed by atoms with Crippen molar-refractivity contribution in [1.82, 2.24) is 20.1 Å². The summed E-state index contributed by atoms with van der Waals surface area (Å²) in [6.45, 7) is 2.26. The summed E-state index contributed by atoms with van der Waals surface area (Å²) in [5, 5.41) is 21.8. The molecule has 36 heavy (non-hydrogen) atoms. The third-order valence-corrected chi connectivity index (χ3v) is 6.73. The van der Waals surface area contributed by atoms with Gasteiger partial charge in [-0.05, 0) is 37.5 Å². The van der Waals surface area contributed by atoms with E-state index in [0.29, 0.717) is 57.4 Å². The Bertz CT molecular complexity index is 1260. The number of aliphatic imine (C=N–C) groups is 1. The fourth-order valence-electron chi connectivity index (χ4n) is 4.64. The van der Waals surface area contributed by atoms with Crippen LogP contribution in [0, 0.1) is 10.8 Å². The predicted molar refractivity (Wildman–Crippen MR) is 134 cm³/mol. The number of hydrogen-bond donors (Lipinski definition) is 5. The van der Waals surface area contributed by atoms with Gasteiger partial charge in [-0.1, -0.05) is 6.07 Å². The molecule has 1 aromatic carbocycles. The first-order chi connectivity index (χ1) is 17.2. The van der Waals surface area contributed by atoms with Crippen molar-refractivity contribution >= 4 is 46.2 Å². The van der Waals surface area contributed by atoms with Crippen molar-refractivity contribution in [2.45, 2.75) is 37.8 Å². The second kappa shape index (κ2) is 10.2. The Kier molecular flexibility index (Phi) is 7.04. The van der Waals surface area contributed by atoms with Gasteiger partial charge in [0, 0.05) is 55.3 Å². The predicted octanol–water partition coefficient (Wildman–Crippen LogP) is 0.600. The van der Waals surface area contributed by atoms with E-state index in [1.807, 2.05) is 39.9 Å². The Balaban J connectivity index is 1.39. The smallest absolute Gasteiger partial charge is 0.305 e. The SMILES string of the molecule is COC(=O)CCCn1ccc2c(C(=O)N3CCC4(CC3)CN/C(=N\C(=O)C(=N)C(=N)N)N4)cccc21. The van der Waals surface area contributed by atoms with Gasteiger partial charge < -0.3 is 30.6 Å². The molecule has 0 atom stereocenters. The van der Waals surface area contributed by atoms with Crippen LogP contribution in [0.1, 0.15) is 36.0 Å². The first kappa shape index (κ1) is 24.9. The third-order valence-electron chi connectivity index (χ3n) is 6.73. The van der Waals surface area contributed by atoms with Gasteiger partial charge in [0.15, 0.2) is 11.7 Å². The number of nitrogens with two attached hydrogens (primary N) is 1. The number of benzene rings is 1. The quantitative estimate of drug-likeness (QED) is 0.212. The number of aromatic nitrogens is 1. The highest BCUT2D eigenvalue weighted by Crippen LogP contribution is 2.28. The number of nitrogens with zero attached hydrogens (tertiary/aromatic N) is 3. The van der Waals surface area contributed by atoms with Gasteiger partial charge in [0.2, 0.25) is 0 Å². The van der Waals surface area contributed by atoms with Gasteiger partial charge in [0.25, 0.3) is 5.91 Å². The summed E-state index contributed by atoms with van der Waals surface area (Å²) in [6.07, 6.45) is 4.25. The molecule has 3 heterocycles. The average Bonchev–Trinajstić information content (AvgIpc) is 3.47. The molecular formula is C24H30N8O4. The van der Waals surface area contributed by atoms with Crippen LogP contribution >= 0.6 is 0 Å². The van der Waals surface area contributed by atoms with Gasteiger partial charge in [0.1, 0.15) is 5.84 Å². The first-order valence-corrected chi connectivity index (χ1v) is 11.7. The van der Waals surface area contributed by atoms with Gasteiger partial charge in [-0.25, -0.2) is 0 Å². The fourth-order valence-corrected chi connectivity index (χ4v) is 4.64. The van der Waals surface area contributed by atoms with Crippen LogP contribution < -0.4 is 16.4 Å². The summed E-state index contributed by atoms with van der Waals surface area (Å²) in [5.41, 5.74) is 5.78. The second-order valence-electron chi connectivity index (χ2n) is 9.03. The molecule has 0 saturated carbocycles. The zero-order chi connectivity index (χ0) is 25.9. The number of hydrogen-bond acceptors (Lipinski definition) is 6. The van der Waals surface area contributed by atoms with Crippen molar-refractivity contribution in [3.8, 4) is 0 Å². The summed E-state index contributed by atoms with van der Waals surface area (Å²) in [6, 6.07) is 7.62. The molecule has 190 valence electrons. The number of methoxy groups -OCH3 is 1. The standard InChI is InChI=1S/C24H30N8O4/c1-36-18(33)6-3-10-31-11-7-15-16(4-2-5-17(15)31)22(35)32-12-8-24(9-13-32)14-28-23(30-24)29-21(34)19(25)20(26)27/h2,4-5,7,11,25H,3,6,8-10,12-14H2,1H3,(H3,26,27)(H2,28,29,30,34). The summed E-state index contributed by atoms with van der Waals surface area (Å²) in [4.78, 5) is 42.4. The van der Waals surface area contributed by atoms with E-state index in [9.17, 15) is 14.4 Å². The molecule has 6 N–H and O–H groups in total. The Morgan fingerprint density at radius 1 is 1.19 bits per heavy atom. The molecule has 2 fully saturated rings. The minimum Gasteiger partial charge on any atom is -0.469 e. The Hall–Kier alpha value is -4.22. The van der Waals surface area contributed by atoms with Crippen LogP contribution in [-0.4, -0.2) is 77.0 Å². The number of aryl methyl sites for hydroxylation is 1. The Morgan fingerprint density at radius 3 is 2.64 bits per heavy atom. The molecule has 12 heteroatoms. The lowest BCUT2D eigenvalue weighted by atomic mass is 9.88. The number of rotatable bonds is 7. The highest BCUT2D eigenvalue weighted by atomic mass is 16.5. The average molecular weight is 495 g/mol. The maximum Gasteiger partial charge on any atom is 0.305 e. The number of esters is 1. The van der Waals surface area contributed by atoms with Crippen LogP contribution in [0.2, 0.25) is 0 Å². The number of piperidine rings is 1. The van der Waals surface area contributed by atoms with Gasteiger partial charge in [0.05, 0.1) is 12.6 Å². The number of ether oxygens (including phenoxy) is 1. The number of nitrogens with one attached hydrogen (secondary N) is 4. The van der Waals surface area contributed by atoms with E-state index in [1.165, 1.54) is 7.11 Å². The largest absolute Gasteiger partial charge is 0.469 e. The number of amides is 2. The highest BCUT2D eigenvalue weighted by Gasteiger charge is 2.41. The highest BCUT2D eigenvalue weighted by molar-refractivity contribution is 6.65. The van der Waals surface area contributed by atoms with Crippen LogP contribution in [0.25, 0.3) is 10.9 Å². The minimum absolute atomic E-state index is 0.0345. The molecule has 2 aliphatic rings. The van der Waals surface area contributed by atoms with Gasteiger partial charge >= 0.3 is 11.9 Å². The summed E-state index contributed by atoms with van der Waals surface area (Å²) in [7, 11) is 1.38. The molecule has 2 aromatic rings. The number of likely N-dealkylation sites (tertiary alicyclic amines) is 1. The molecule has 0 bridgehead atoms. The van der Waals surface area contributed by atoms with Crippen molar-refractivity contribution in [2.24, 2.45) is 10.7 Å². The van der Waals surface area contributed by atoms with Crippen LogP contribution in [0.5, 0.6) is 0 Å². The monoisotopic (exact) mass is 494 g/mol. The van der Waals surface area contributed by atoms with E-state index in [2.05, 4.69) is 15.6 Å². The van der Waals surface area contributed by atoms with Gasteiger partial charge in [-0.2, -0.15) is 4.99 Å². The van der Waals surface area contributed by atoms with E-state index in [-0.39, 0.29) is 23.4 Å². The van der Waals surface area contributed by atoms with Crippen LogP contribution in [-0.2, 0) is 20.9 Å². The number of carbonyl (C=O) groups is 3. The van der Waals surface area contributed by atoms with E-state index in [1.54, 1.807) is 0 Å². The molecule has 4 rings (SSSR count). The number of guanidine groups is 1. The third kappa shape index (κ3) is 5.07. The molecule has 1 spiro atoms. The molecule has 0 radical (unpaired) electrons. The van der Waals surface area contributed by atoms with E-state index in [0.717, 1.165) is 10.9 Å². The zero-order valence-corrected chi connectivity index (χ0v) is 20.1. The maximum absolute atomic E-state index is 13.4. The molecule has 0 aliphatic carbocycles. The Morgan fingerprint density at radius 2 is 1.94 bits per heavy atom. The molecule has 2 amide bonds. The molecule has 0 unspecified atom stereocenters. The van der Waals surface area contributed by atoms with E-state index in [4.69, 9.17) is 21.3 Å². The summed E-state index contributed by atoms with van der Waals surface area (Å²) in [5.74, 6) is -1.53. The van der Waals surface area contributed by atoms with E-state index >= 15 is 0 Å². The topological polar surface area (TPSA) is 179 Å². The molecule has 2 saturated heterocycles. The van der Waals surface area contributed by atoms with Crippen LogP contribution in [0.3, 0.4) is 0 Å². The normalized spacial score (nSPS) is 17.6. The van der Waals surface area contributed by atoms with Crippen LogP contribution in [0.15, 0.2) is 35.5 Å². The van der Waals surface area contributed by atoms with Crippen molar-refractivity contribution in [3.63, 3.8) is 0 Å². The lowest BCUT2D eigenvalue weighted by Gasteiger charge is -2.38. The molecular weight excluding hydrogens is 464 g/mol. The van der Waals surface area contributed by atoms with Crippen molar-refractivity contribution in [1.29, 1.82) is 10.8 Å². The number of carbonyl (C=O) groups excluding carboxylic acids is 3. The number of fused-ring (bicyclic) bond motifs is 1. The molecule has 12 nitrogen and oxygen atoms in total. The Labute approximate surface area is 207 Å². The van der Waals surface area contributed by atoms with Gasteiger partial charge in [-0.3, -0.25) is 25.2 Å². The van der Waals surface area contributed by atoms with Crippen molar-refractivity contribution < 1.29 is 19.1 Å². The molecule has 1 aromatic heterocycles. The maximum atomic E-state index is 13.4. The zero-order valence-electron chi connectivity index (χ0n) is 20.1. The van der Waals surface area contributed by atoms with E-state index < -0.39 is 17.5 Å². The number of amidine groups is 1. The summed E-state index contributed by atoms with van der Waals surface area (Å²) < 4.78 is 6.75. The first-order valence-electron chi connectivity index (χ1n) is 11.7. The molecule has 2 aliphatic heterocycles. The minimum atomic E-state index is -0.882. The summed E-state index contributed by atoms with van der Waals surface area (Å²) >= 11 is 0. The van der Waals surface area contributed by atoms with Gasteiger partial charge in [-0.15, -0.1) is 0 Å². The fraction of sp³-hybridized carbons (Fsp3) is 0.417. The lowest BCUT2D eigenvalue weighted by molar-refractivity contribution is -0.140. The van der Waals surface area contributed by atoms with Crippen molar-refractivity contribution in [3.05, 3.63) is 36.0 Å². The van der Waals surface area contributed by atoms with Crippen LogP contribution in [0.4, 0.5) is 0 Å². The van der Waals surface area contributed by atoms with Crippen molar-refractivity contribution in [2.75, 3.05) is 26.7 Å².